The van der Waals surface area contributed by atoms with E-state index in [1.165, 1.54) is 11.3 Å². The molecule has 2 aliphatic carbocycles. The van der Waals surface area contributed by atoms with Gasteiger partial charge in [-0.15, -0.1) is 0 Å². The second kappa shape index (κ2) is 4.77. The molecule has 2 aliphatic rings. The Morgan fingerprint density at radius 2 is 2.24 bits per heavy atom. The van der Waals surface area contributed by atoms with Crippen LogP contribution in [0.3, 0.4) is 0 Å². The molecule has 6 nitrogen and oxygen atoms in total. The summed E-state index contributed by atoms with van der Waals surface area (Å²) in [5, 5.41) is 7.47. The summed E-state index contributed by atoms with van der Waals surface area (Å²) >= 11 is 1.27. The van der Waals surface area contributed by atoms with Gasteiger partial charge in [-0.25, -0.2) is 4.98 Å². The number of Topliss-reactive ketones (excluding diaryl/α,β-unsaturated/α-hetero) is 1. The van der Waals surface area contributed by atoms with Crippen LogP contribution in [-0.2, 0) is 6.42 Å². The molecular weight excluding hydrogens is 288 g/mol. The standard InChI is InChI=1S/C14H14N4O2S/c19-11-3-1-2-10-12(11)21-14(16-10)17-13(20)8-6-15-18(7-8)9-4-5-9/h6-7,9H,1-5H2,(H,16,17,20). The highest BCUT2D eigenvalue weighted by Crippen LogP contribution is 2.34. The zero-order valence-electron chi connectivity index (χ0n) is 11.3. The number of rotatable bonds is 3. The predicted molar refractivity (Wildman–Crippen MR) is 77.8 cm³/mol. The van der Waals surface area contributed by atoms with E-state index < -0.39 is 0 Å². The maximum absolute atomic E-state index is 12.2. The fourth-order valence-corrected chi connectivity index (χ4v) is 3.46. The normalized spacial score (nSPS) is 17.6. The van der Waals surface area contributed by atoms with Crippen molar-refractivity contribution in [2.24, 2.45) is 0 Å². The number of anilines is 1. The molecule has 1 amide bonds. The van der Waals surface area contributed by atoms with Crippen LogP contribution < -0.4 is 5.32 Å². The fraction of sp³-hybridized carbons (Fsp3) is 0.429. The Morgan fingerprint density at radius 1 is 1.38 bits per heavy atom. The van der Waals surface area contributed by atoms with Crippen molar-refractivity contribution in [3.63, 3.8) is 0 Å². The average Bonchev–Trinajstić information content (AvgIpc) is 3.04. The summed E-state index contributed by atoms with van der Waals surface area (Å²) in [7, 11) is 0. The van der Waals surface area contributed by atoms with E-state index in [1.54, 1.807) is 12.4 Å². The maximum Gasteiger partial charge on any atom is 0.260 e. The smallest absolute Gasteiger partial charge is 0.260 e. The fourth-order valence-electron chi connectivity index (χ4n) is 2.49. The first kappa shape index (κ1) is 12.7. The Bertz CT molecular complexity index is 729. The molecule has 0 radical (unpaired) electrons. The number of carbonyl (C=O) groups excluding carboxylic acids is 2. The van der Waals surface area contributed by atoms with Crippen molar-refractivity contribution < 1.29 is 9.59 Å². The SMILES string of the molecule is O=C(Nc1nc2c(s1)C(=O)CCC2)c1cnn(C2CC2)c1. The van der Waals surface area contributed by atoms with E-state index in [4.69, 9.17) is 0 Å². The van der Waals surface area contributed by atoms with Crippen molar-refractivity contribution in [1.29, 1.82) is 0 Å². The van der Waals surface area contributed by atoms with Crippen LogP contribution in [-0.4, -0.2) is 26.5 Å². The molecular formula is C14H14N4O2S. The summed E-state index contributed by atoms with van der Waals surface area (Å²) in [4.78, 5) is 29.0. The second-order valence-corrected chi connectivity index (χ2v) is 6.46. The van der Waals surface area contributed by atoms with Gasteiger partial charge in [-0.3, -0.25) is 19.6 Å². The number of amides is 1. The van der Waals surface area contributed by atoms with E-state index in [0.29, 0.717) is 28.0 Å². The van der Waals surface area contributed by atoms with Crippen LogP contribution in [0.1, 0.15) is 57.4 Å². The molecule has 2 heterocycles. The number of carbonyl (C=O) groups is 2. The van der Waals surface area contributed by atoms with E-state index >= 15 is 0 Å². The zero-order valence-corrected chi connectivity index (χ0v) is 12.2. The summed E-state index contributed by atoms with van der Waals surface area (Å²) in [6, 6.07) is 0.455. The second-order valence-electron chi connectivity index (χ2n) is 5.47. The highest BCUT2D eigenvalue weighted by Gasteiger charge is 2.26. The van der Waals surface area contributed by atoms with Crippen molar-refractivity contribution in [2.75, 3.05) is 5.32 Å². The summed E-state index contributed by atoms with van der Waals surface area (Å²) in [6.45, 7) is 0. The number of aromatic nitrogens is 3. The van der Waals surface area contributed by atoms with Crippen LogP contribution in [0.5, 0.6) is 0 Å². The first-order valence-electron chi connectivity index (χ1n) is 7.09. The minimum Gasteiger partial charge on any atom is -0.298 e. The van der Waals surface area contributed by atoms with Crippen molar-refractivity contribution in [3.8, 4) is 0 Å². The van der Waals surface area contributed by atoms with E-state index in [1.807, 2.05) is 4.68 Å². The Hall–Kier alpha value is -2.02. The maximum atomic E-state index is 12.2. The van der Waals surface area contributed by atoms with Crippen LogP contribution in [0.25, 0.3) is 0 Å². The molecule has 0 bridgehead atoms. The van der Waals surface area contributed by atoms with Gasteiger partial charge < -0.3 is 0 Å². The van der Waals surface area contributed by atoms with Crippen LogP contribution in [0.15, 0.2) is 12.4 Å². The van der Waals surface area contributed by atoms with Gasteiger partial charge in [0.05, 0.1) is 28.4 Å². The Kier molecular flexibility index (Phi) is 2.88. The van der Waals surface area contributed by atoms with Crippen molar-refractivity contribution in [2.45, 2.75) is 38.1 Å². The van der Waals surface area contributed by atoms with Crippen molar-refractivity contribution >= 4 is 28.2 Å². The lowest BCUT2D eigenvalue weighted by molar-refractivity contribution is 0.0975. The zero-order chi connectivity index (χ0) is 14.4. The quantitative estimate of drug-likeness (QED) is 0.944. The molecule has 1 N–H and O–H groups in total. The molecule has 108 valence electrons. The molecule has 21 heavy (non-hydrogen) atoms. The lowest BCUT2D eigenvalue weighted by Gasteiger charge is -2.05. The van der Waals surface area contributed by atoms with Gasteiger partial charge in [0.1, 0.15) is 0 Å². The number of hydrogen-bond donors (Lipinski definition) is 1. The summed E-state index contributed by atoms with van der Waals surface area (Å²) in [5.41, 5.74) is 1.35. The van der Waals surface area contributed by atoms with Gasteiger partial charge in [-0.05, 0) is 25.7 Å². The monoisotopic (exact) mass is 302 g/mol. The molecule has 1 saturated carbocycles. The number of thiazole rings is 1. The Labute approximate surface area is 125 Å². The molecule has 0 aliphatic heterocycles. The topological polar surface area (TPSA) is 76.9 Å². The third kappa shape index (κ3) is 2.37. The molecule has 1 fully saturated rings. The Balaban J connectivity index is 1.52. The predicted octanol–water partition coefficient (Wildman–Crippen LogP) is 2.45. The van der Waals surface area contributed by atoms with E-state index in [9.17, 15) is 9.59 Å². The lowest BCUT2D eigenvalue weighted by atomic mass is 10.0. The Morgan fingerprint density at radius 3 is 3.00 bits per heavy atom. The van der Waals surface area contributed by atoms with Crippen molar-refractivity contribution in [1.82, 2.24) is 14.8 Å². The number of nitrogens with one attached hydrogen (secondary N) is 1. The minimum absolute atomic E-state index is 0.135. The molecule has 0 unspecified atom stereocenters. The summed E-state index contributed by atoms with van der Waals surface area (Å²) < 4.78 is 1.84. The number of nitrogens with zero attached hydrogens (tertiary/aromatic N) is 3. The van der Waals surface area contributed by atoms with E-state index in [0.717, 1.165) is 31.4 Å². The molecule has 2 aromatic rings. The van der Waals surface area contributed by atoms with Gasteiger partial charge in [0.15, 0.2) is 10.9 Å². The van der Waals surface area contributed by atoms with Gasteiger partial charge in [0.25, 0.3) is 5.91 Å². The van der Waals surface area contributed by atoms with Crippen molar-refractivity contribution in [3.05, 3.63) is 28.5 Å². The molecule has 7 heteroatoms. The van der Waals surface area contributed by atoms with Crippen LogP contribution in [0.4, 0.5) is 5.13 Å². The number of fused-ring (bicyclic) bond motifs is 1. The molecule has 0 saturated heterocycles. The summed E-state index contributed by atoms with van der Waals surface area (Å²) in [6.07, 6.45) is 7.84. The molecule has 0 aromatic carbocycles. The van der Waals surface area contributed by atoms with Gasteiger partial charge in [0, 0.05) is 12.6 Å². The van der Waals surface area contributed by atoms with E-state index in [2.05, 4.69) is 15.4 Å². The van der Waals surface area contributed by atoms with Crippen LogP contribution in [0.2, 0.25) is 0 Å². The largest absolute Gasteiger partial charge is 0.298 e. The first-order chi connectivity index (χ1) is 10.2. The van der Waals surface area contributed by atoms with Gasteiger partial charge in [0.2, 0.25) is 0 Å². The molecule has 2 aromatic heterocycles. The van der Waals surface area contributed by atoms with Gasteiger partial charge in [-0.2, -0.15) is 5.10 Å². The first-order valence-corrected chi connectivity index (χ1v) is 7.91. The van der Waals surface area contributed by atoms with Crippen LogP contribution in [0, 0.1) is 0 Å². The average molecular weight is 302 g/mol. The lowest BCUT2D eigenvalue weighted by Crippen LogP contribution is -2.11. The molecule has 0 atom stereocenters. The van der Waals surface area contributed by atoms with Gasteiger partial charge >= 0.3 is 0 Å². The highest BCUT2D eigenvalue weighted by atomic mass is 32.1. The number of ketones is 1. The molecule has 0 spiro atoms. The highest BCUT2D eigenvalue weighted by molar-refractivity contribution is 7.17. The van der Waals surface area contributed by atoms with Gasteiger partial charge in [-0.1, -0.05) is 11.3 Å². The number of aryl methyl sites for hydroxylation is 1. The third-order valence-electron chi connectivity index (χ3n) is 3.77. The third-order valence-corrected chi connectivity index (χ3v) is 4.83. The minimum atomic E-state index is -0.222. The van der Waals surface area contributed by atoms with Crippen LogP contribution >= 0.6 is 11.3 Å². The molecule has 4 rings (SSSR count). The van der Waals surface area contributed by atoms with E-state index in [-0.39, 0.29) is 11.7 Å². The summed E-state index contributed by atoms with van der Waals surface area (Å²) in [5.74, 6) is -0.0868. The number of hydrogen-bond acceptors (Lipinski definition) is 5.